The summed E-state index contributed by atoms with van der Waals surface area (Å²) < 4.78 is 0. The molecule has 0 N–H and O–H groups in total. The number of carbonyl (C=O) groups excluding carboxylic acids is 1. The number of ketones is 1. The van der Waals surface area contributed by atoms with Crippen LogP contribution in [-0.4, -0.2) is 5.78 Å². The van der Waals surface area contributed by atoms with Gasteiger partial charge in [0.15, 0.2) is 0 Å². The highest BCUT2D eigenvalue weighted by Gasteiger charge is 2.12. The Kier molecular flexibility index (Phi) is 4.92. The molecule has 1 rings (SSSR count). The van der Waals surface area contributed by atoms with Gasteiger partial charge in [-0.1, -0.05) is 52.0 Å². The van der Waals surface area contributed by atoms with E-state index in [-0.39, 0.29) is 5.41 Å². The van der Waals surface area contributed by atoms with Gasteiger partial charge < -0.3 is 0 Å². The molecule has 0 fully saturated rings. The molecule has 1 heteroatoms. The molecule has 0 unspecified atom stereocenters. The van der Waals surface area contributed by atoms with E-state index in [4.69, 9.17) is 0 Å². The van der Waals surface area contributed by atoms with Gasteiger partial charge in [-0.05, 0) is 29.4 Å². The zero-order chi connectivity index (χ0) is 12.9. The molecule has 0 atom stereocenters. The van der Waals surface area contributed by atoms with Crippen molar-refractivity contribution in [3.8, 4) is 0 Å². The molecule has 0 saturated heterocycles. The van der Waals surface area contributed by atoms with Gasteiger partial charge in [-0.25, -0.2) is 0 Å². The van der Waals surface area contributed by atoms with E-state index in [9.17, 15) is 4.79 Å². The van der Waals surface area contributed by atoms with Crippen LogP contribution in [0.5, 0.6) is 0 Å². The monoisotopic (exact) mass is 232 g/mol. The van der Waals surface area contributed by atoms with Gasteiger partial charge in [0.2, 0.25) is 0 Å². The first-order chi connectivity index (χ1) is 7.93. The van der Waals surface area contributed by atoms with Crippen LogP contribution in [0.4, 0.5) is 0 Å². The molecule has 1 aromatic rings. The molecule has 0 bridgehead atoms. The molecule has 0 aliphatic heterocycles. The zero-order valence-electron chi connectivity index (χ0n) is 11.5. The van der Waals surface area contributed by atoms with E-state index in [0.717, 1.165) is 19.3 Å². The van der Waals surface area contributed by atoms with Crippen molar-refractivity contribution in [1.82, 2.24) is 0 Å². The van der Waals surface area contributed by atoms with E-state index in [2.05, 4.69) is 52.0 Å². The second-order valence-electron chi connectivity index (χ2n) is 5.74. The fraction of sp³-hybridized carbons (Fsp3) is 0.562. The standard InChI is InChI=1S/C16H24O/c1-5-6-15(17)12-9-13-7-10-14(11-8-13)16(2,3)4/h7-8,10-11H,5-6,9,12H2,1-4H3. The average Bonchev–Trinajstić information content (AvgIpc) is 2.26. The van der Waals surface area contributed by atoms with Gasteiger partial charge in [0.25, 0.3) is 0 Å². The van der Waals surface area contributed by atoms with Crippen LogP contribution in [0.2, 0.25) is 0 Å². The van der Waals surface area contributed by atoms with Crippen LogP contribution in [0.3, 0.4) is 0 Å². The van der Waals surface area contributed by atoms with E-state index < -0.39 is 0 Å². The Hall–Kier alpha value is -1.11. The van der Waals surface area contributed by atoms with E-state index >= 15 is 0 Å². The van der Waals surface area contributed by atoms with Crippen molar-refractivity contribution in [3.05, 3.63) is 35.4 Å². The van der Waals surface area contributed by atoms with Crippen LogP contribution in [-0.2, 0) is 16.6 Å². The number of carbonyl (C=O) groups is 1. The fourth-order valence-electron chi connectivity index (χ4n) is 1.86. The van der Waals surface area contributed by atoms with E-state index in [1.54, 1.807) is 0 Å². The lowest BCUT2D eigenvalue weighted by Gasteiger charge is -2.19. The van der Waals surface area contributed by atoms with E-state index in [0.29, 0.717) is 12.2 Å². The Morgan fingerprint density at radius 3 is 2.12 bits per heavy atom. The highest BCUT2D eigenvalue weighted by atomic mass is 16.1. The van der Waals surface area contributed by atoms with Gasteiger partial charge in [0.05, 0.1) is 0 Å². The maximum atomic E-state index is 11.4. The van der Waals surface area contributed by atoms with Crippen molar-refractivity contribution < 1.29 is 4.79 Å². The first-order valence-electron chi connectivity index (χ1n) is 6.54. The average molecular weight is 232 g/mol. The Bertz CT molecular complexity index is 354. The van der Waals surface area contributed by atoms with Gasteiger partial charge in [-0.2, -0.15) is 0 Å². The topological polar surface area (TPSA) is 17.1 Å². The van der Waals surface area contributed by atoms with Crippen molar-refractivity contribution in [2.75, 3.05) is 0 Å². The summed E-state index contributed by atoms with van der Waals surface area (Å²) in [4.78, 5) is 11.4. The second-order valence-corrected chi connectivity index (χ2v) is 5.74. The minimum Gasteiger partial charge on any atom is -0.300 e. The lowest BCUT2D eigenvalue weighted by Crippen LogP contribution is -2.10. The largest absolute Gasteiger partial charge is 0.300 e. The summed E-state index contributed by atoms with van der Waals surface area (Å²) in [5.74, 6) is 0.382. The third-order valence-corrected chi connectivity index (χ3v) is 3.04. The molecule has 0 spiro atoms. The molecule has 0 saturated carbocycles. The molecular weight excluding hydrogens is 208 g/mol. The minimum absolute atomic E-state index is 0.205. The van der Waals surface area contributed by atoms with Crippen molar-refractivity contribution in [1.29, 1.82) is 0 Å². The number of hydrogen-bond acceptors (Lipinski definition) is 1. The number of benzene rings is 1. The summed E-state index contributed by atoms with van der Waals surface area (Å²) in [6, 6.07) is 8.67. The van der Waals surface area contributed by atoms with Crippen LogP contribution in [0.15, 0.2) is 24.3 Å². The molecule has 0 aliphatic rings. The number of Topliss-reactive ketones (excluding diaryl/α,β-unsaturated/α-hetero) is 1. The third-order valence-electron chi connectivity index (χ3n) is 3.04. The van der Waals surface area contributed by atoms with Gasteiger partial charge in [-0.15, -0.1) is 0 Å². The van der Waals surface area contributed by atoms with Crippen molar-refractivity contribution >= 4 is 5.78 Å². The minimum atomic E-state index is 0.205. The SMILES string of the molecule is CCCC(=O)CCc1ccc(C(C)(C)C)cc1. The Balaban J connectivity index is 2.54. The number of hydrogen-bond donors (Lipinski definition) is 0. The van der Waals surface area contributed by atoms with Crippen LogP contribution in [0.1, 0.15) is 58.1 Å². The highest BCUT2D eigenvalue weighted by Crippen LogP contribution is 2.22. The van der Waals surface area contributed by atoms with Gasteiger partial charge >= 0.3 is 0 Å². The molecule has 0 aliphatic carbocycles. The smallest absolute Gasteiger partial charge is 0.133 e. The quantitative estimate of drug-likeness (QED) is 0.740. The summed E-state index contributed by atoms with van der Waals surface area (Å²) in [7, 11) is 0. The maximum absolute atomic E-state index is 11.4. The Labute approximate surface area is 105 Å². The molecule has 94 valence electrons. The summed E-state index contributed by atoms with van der Waals surface area (Å²) >= 11 is 0. The lowest BCUT2D eigenvalue weighted by molar-refractivity contribution is -0.119. The van der Waals surface area contributed by atoms with Crippen LogP contribution in [0, 0.1) is 0 Å². The van der Waals surface area contributed by atoms with Crippen LogP contribution < -0.4 is 0 Å². The first-order valence-corrected chi connectivity index (χ1v) is 6.54. The van der Waals surface area contributed by atoms with E-state index in [1.807, 2.05) is 0 Å². The Morgan fingerprint density at radius 1 is 1.06 bits per heavy atom. The molecule has 1 nitrogen and oxygen atoms in total. The molecule has 17 heavy (non-hydrogen) atoms. The molecule has 0 aromatic heterocycles. The predicted molar refractivity (Wildman–Crippen MR) is 73.4 cm³/mol. The molecule has 0 amide bonds. The second kappa shape index (κ2) is 6.00. The number of rotatable bonds is 5. The maximum Gasteiger partial charge on any atom is 0.133 e. The van der Waals surface area contributed by atoms with Gasteiger partial charge in [0.1, 0.15) is 5.78 Å². The van der Waals surface area contributed by atoms with Gasteiger partial charge in [-0.3, -0.25) is 4.79 Å². The van der Waals surface area contributed by atoms with Crippen molar-refractivity contribution in [3.63, 3.8) is 0 Å². The molecular formula is C16H24O. The normalized spacial score (nSPS) is 11.5. The van der Waals surface area contributed by atoms with Crippen molar-refractivity contribution in [2.45, 2.75) is 58.8 Å². The third kappa shape index (κ3) is 4.72. The summed E-state index contributed by atoms with van der Waals surface area (Å²) in [6.07, 6.45) is 3.24. The van der Waals surface area contributed by atoms with Crippen LogP contribution in [0.25, 0.3) is 0 Å². The van der Waals surface area contributed by atoms with E-state index in [1.165, 1.54) is 11.1 Å². The molecule has 0 radical (unpaired) electrons. The van der Waals surface area contributed by atoms with Crippen LogP contribution >= 0.6 is 0 Å². The summed E-state index contributed by atoms with van der Waals surface area (Å²) in [5.41, 5.74) is 2.82. The molecule has 0 heterocycles. The molecule has 1 aromatic carbocycles. The number of aryl methyl sites for hydroxylation is 1. The fourth-order valence-corrected chi connectivity index (χ4v) is 1.86. The zero-order valence-corrected chi connectivity index (χ0v) is 11.5. The Morgan fingerprint density at radius 2 is 1.65 bits per heavy atom. The first kappa shape index (κ1) is 14.0. The summed E-state index contributed by atoms with van der Waals surface area (Å²) in [6.45, 7) is 8.70. The summed E-state index contributed by atoms with van der Waals surface area (Å²) in [5, 5.41) is 0. The van der Waals surface area contributed by atoms with Gasteiger partial charge in [0, 0.05) is 12.8 Å². The highest BCUT2D eigenvalue weighted by molar-refractivity contribution is 5.78. The lowest BCUT2D eigenvalue weighted by atomic mass is 9.86. The van der Waals surface area contributed by atoms with Crippen molar-refractivity contribution in [2.24, 2.45) is 0 Å². The predicted octanol–water partition coefficient (Wildman–Crippen LogP) is 4.29.